The highest BCUT2D eigenvalue weighted by molar-refractivity contribution is 5.65. The van der Waals surface area contributed by atoms with E-state index < -0.39 is 29.7 Å². The maximum Gasteiger partial charge on any atom is 0.404 e. The maximum absolute atomic E-state index is 14.1. The third-order valence-corrected chi connectivity index (χ3v) is 4.33. The average molecular weight is 332 g/mol. The minimum Gasteiger partial charge on any atom is -0.465 e. The Morgan fingerprint density at radius 2 is 1.88 bits per heavy atom. The summed E-state index contributed by atoms with van der Waals surface area (Å²) in [5.74, 6) is -2.25. The SMILES string of the molecule is O=C(O)N[C@H]1CN(Cc2ccccc2)C[C@@H]1c1cccc(F)c1F. The number of carboxylic acid groups (broad SMARTS) is 1. The van der Waals surface area contributed by atoms with E-state index in [0.717, 1.165) is 11.6 Å². The van der Waals surface area contributed by atoms with E-state index >= 15 is 0 Å². The van der Waals surface area contributed by atoms with Gasteiger partial charge in [0.1, 0.15) is 0 Å². The fourth-order valence-electron chi connectivity index (χ4n) is 3.28. The molecule has 0 bridgehead atoms. The smallest absolute Gasteiger partial charge is 0.404 e. The highest BCUT2D eigenvalue weighted by atomic mass is 19.2. The summed E-state index contributed by atoms with van der Waals surface area (Å²) in [6.07, 6.45) is -1.16. The molecule has 3 rings (SSSR count). The fourth-order valence-corrected chi connectivity index (χ4v) is 3.28. The van der Waals surface area contributed by atoms with E-state index in [1.165, 1.54) is 12.1 Å². The number of carbonyl (C=O) groups is 1. The topological polar surface area (TPSA) is 52.6 Å². The van der Waals surface area contributed by atoms with Crippen LogP contribution in [0.25, 0.3) is 0 Å². The Kier molecular flexibility index (Phi) is 4.76. The molecule has 2 aromatic rings. The van der Waals surface area contributed by atoms with E-state index in [0.29, 0.717) is 19.6 Å². The summed E-state index contributed by atoms with van der Waals surface area (Å²) in [5.41, 5.74) is 1.30. The summed E-state index contributed by atoms with van der Waals surface area (Å²) in [5, 5.41) is 11.5. The van der Waals surface area contributed by atoms with Gasteiger partial charge < -0.3 is 10.4 Å². The van der Waals surface area contributed by atoms with E-state index in [9.17, 15) is 13.6 Å². The molecule has 0 unspecified atom stereocenters. The summed E-state index contributed by atoms with van der Waals surface area (Å²) in [4.78, 5) is 13.1. The molecule has 0 aromatic heterocycles. The number of nitrogens with one attached hydrogen (secondary N) is 1. The molecular weight excluding hydrogens is 314 g/mol. The highest BCUT2D eigenvalue weighted by Gasteiger charge is 2.36. The molecule has 0 aliphatic carbocycles. The van der Waals surface area contributed by atoms with Gasteiger partial charge in [0.25, 0.3) is 0 Å². The normalized spacial score (nSPS) is 20.9. The van der Waals surface area contributed by atoms with Crippen molar-refractivity contribution in [3.63, 3.8) is 0 Å². The Labute approximate surface area is 138 Å². The van der Waals surface area contributed by atoms with Crippen molar-refractivity contribution in [2.24, 2.45) is 0 Å². The van der Waals surface area contributed by atoms with Crippen molar-refractivity contribution in [1.29, 1.82) is 0 Å². The number of amides is 1. The van der Waals surface area contributed by atoms with Crippen LogP contribution in [0, 0.1) is 11.6 Å². The second-order valence-corrected chi connectivity index (χ2v) is 5.99. The number of likely N-dealkylation sites (tertiary alicyclic amines) is 1. The zero-order valence-corrected chi connectivity index (χ0v) is 13.0. The Balaban J connectivity index is 1.83. The van der Waals surface area contributed by atoms with Crippen molar-refractivity contribution in [3.8, 4) is 0 Å². The second-order valence-electron chi connectivity index (χ2n) is 5.99. The van der Waals surface area contributed by atoms with Crippen LogP contribution >= 0.6 is 0 Å². The molecule has 1 aliphatic heterocycles. The maximum atomic E-state index is 14.1. The van der Waals surface area contributed by atoms with Crippen LogP contribution in [0.1, 0.15) is 17.0 Å². The largest absolute Gasteiger partial charge is 0.465 e. The molecule has 126 valence electrons. The molecule has 1 fully saturated rings. The molecule has 24 heavy (non-hydrogen) atoms. The van der Waals surface area contributed by atoms with Crippen LogP contribution in [0.5, 0.6) is 0 Å². The van der Waals surface area contributed by atoms with Crippen LogP contribution in [-0.4, -0.2) is 35.2 Å². The van der Waals surface area contributed by atoms with E-state index in [-0.39, 0.29) is 5.56 Å². The first-order chi connectivity index (χ1) is 11.5. The number of benzene rings is 2. The number of hydrogen-bond donors (Lipinski definition) is 2. The minimum absolute atomic E-state index is 0.212. The zero-order chi connectivity index (χ0) is 17.1. The lowest BCUT2D eigenvalue weighted by atomic mass is 9.94. The van der Waals surface area contributed by atoms with Gasteiger partial charge in [0.05, 0.1) is 6.04 Å². The number of hydrogen-bond acceptors (Lipinski definition) is 2. The standard InChI is InChI=1S/C18H18F2N2O2/c19-15-8-4-7-13(17(15)20)14-10-22(11-16(14)21-18(23)24)9-12-5-2-1-3-6-12/h1-8,14,16,21H,9-11H2,(H,23,24)/t14-,16+/m1/s1. The summed E-state index contributed by atoms with van der Waals surface area (Å²) in [6.45, 7) is 1.54. The first-order valence-electron chi connectivity index (χ1n) is 7.74. The fraction of sp³-hybridized carbons (Fsp3) is 0.278. The average Bonchev–Trinajstić information content (AvgIpc) is 2.92. The molecule has 1 amide bonds. The third kappa shape index (κ3) is 3.54. The monoisotopic (exact) mass is 332 g/mol. The second kappa shape index (κ2) is 6.97. The van der Waals surface area contributed by atoms with E-state index in [1.807, 2.05) is 35.2 Å². The van der Waals surface area contributed by atoms with Gasteiger partial charge in [0.15, 0.2) is 11.6 Å². The molecule has 0 saturated carbocycles. The van der Waals surface area contributed by atoms with Crippen molar-refractivity contribution in [1.82, 2.24) is 10.2 Å². The van der Waals surface area contributed by atoms with Crippen molar-refractivity contribution >= 4 is 6.09 Å². The molecule has 1 heterocycles. The molecule has 6 heteroatoms. The van der Waals surface area contributed by atoms with Gasteiger partial charge in [-0.05, 0) is 17.2 Å². The number of halogens is 2. The summed E-state index contributed by atoms with van der Waals surface area (Å²) < 4.78 is 27.7. The Morgan fingerprint density at radius 3 is 2.58 bits per heavy atom. The van der Waals surface area contributed by atoms with Gasteiger partial charge >= 0.3 is 6.09 Å². The first-order valence-corrected chi connectivity index (χ1v) is 7.74. The summed E-state index contributed by atoms with van der Waals surface area (Å²) in [7, 11) is 0. The number of nitrogens with zero attached hydrogens (tertiary/aromatic N) is 1. The molecular formula is C18H18F2N2O2. The van der Waals surface area contributed by atoms with Crippen LogP contribution < -0.4 is 5.32 Å². The Hall–Kier alpha value is -2.47. The first kappa shape index (κ1) is 16.4. The summed E-state index contributed by atoms with van der Waals surface area (Å²) >= 11 is 0. The Morgan fingerprint density at radius 1 is 1.12 bits per heavy atom. The van der Waals surface area contributed by atoms with Gasteiger partial charge in [-0.3, -0.25) is 4.90 Å². The quantitative estimate of drug-likeness (QED) is 0.904. The van der Waals surface area contributed by atoms with Gasteiger partial charge in [0.2, 0.25) is 0 Å². The lowest BCUT2D eigenvalue weighted by Gasteiger charge is -2.19. The Bertz CT molecular complexity index is 724. The van der Waals surface area contributed by atoms with E-state index in [1.54, 1.807) is 0 Å². The van der Waals surface area contributed by atoms with Crippen molar-refractivity contribution in [3.05, 3.63) is 71.3 Å². The molecule has 2 atom stereocenters. The highest BCUT2D eigenvalue weighted by Crippen LogP contribution is 2.31. The predicted octanol–water partition coefficient (Wildman–Crippen LogP) is 3.20. The van der Waals surface area contributed by atoms with E-state index in [4.69, 9.17) is 5.11 Å². The molecule has 1 saturated heterocycles. The van der Waals surface area contributed by atoms with Crippen LogP contribution in [0.3, 0.4) is 0 Å². The lowest BCUT2D eigenvalue weighted by molar-refractivity contribution is 0.188. The molecule has 0 radical (unpaired) electrons. The van der Waals surface area contributed by atoms with Gasteiger partial charge in [0, 0.05) is 25.6 Å². The van der Waals surface area contributed by atoms with Crippen LogP contribution in [0.4, 0.5) is 13.6 Å². The third-order valence-electron chi connectivity index (χ3n) is 4.33. The molecule has 1 aliphatic rings. The minimum atomic E-state index is -1.16. The van der Waals surface area contributed by atoms with Crippen molar-refractivity contribution in [2.45, 2.75) is 18.5 Å². The zero-order valence-electron chi connectivity index (χ0n) is 13.0. The van der Waals surface area contributed by atoms with Crippen LogP contribution in [0.2, 0.25) is 0 Å². The van der Waals surface area contributed by atoms with E-state index in [2.05, 4.69) is 5.32 Å². The van der Waals surface area contributed by atoms with Gasteiger partial charge in [-0.25, -0.2) is 13.6 Å². The predicted molar refractivity (Wildman–Crippen MR) is 85.8 cm³/mol. The molecule has 2 N–H and O–H groups in total. The summed E-state index contributed by atoms with van der Waals surface area (Å²) in [6, 6.07) is 13.3. The van der Waals surface area contributed by atoms with Gasteiger partial charge in [-0.15, -0.1) is 0 Å². The molecule has 2 aromatic carbocycles. The van der Waals surface area contributed by atoms with Crippen LogP contribution in [-0.2, 0) is 6.54 Å². The number of rotatable bonds is 4. The molecule has 0 spiro atoms. The van der Waals surface area contributed by atoms with Crippen LogP contribution in [0.15, 0.2) is 48.5 Å². The lowest BCUT2D eigenvalue weighted by Crippen LogP contribution is -2.39. The van der Waals surface area contributed by atoms with Gasteiger partial charge in [-0.1, -0.05) is 42.5 Å². The molecule has 4 nitrogen and oxygen atoms in total. The van der Waals surface area contributed by atoms with Crippen molar-refractivity contribution < 1.29 is 18.7 Å². The van der Waals surface area contributed by atoms with Gasteiger partial charge in [-0.2, -0.15) is 0 Å². The van der Waals surface area contributed by atoms with Crippen molar-refractivity contribution in [2.75, 3.05) is 13.1 Å².